The first-order valence-corrected chi connectivity index (χ1v) is 11.0. The smallest absolute Gasteiger partial charge is 0.166 e. The molecule has 6 aliphatic rings. The summed E-state index contributed by atoms with van der Waals surface area (Å²) in [5.74, 6) is 2.69. The van der Waals surface area contributed by atoms with E-state index in [0.717, 1.165) is 36.3 Å². The third-order valence-electron chi connectivity index (χ3n) is 8.31. The average Bonchev–Trinajstić information content (AvgIpc) is 3.19. The normalized spacial score (nSPS) is 35.6. The van der Waals surface area contributed by atoms with Crippen LogP contribution in [-0.2, 0) is 10.2 Å². The summed E-state index contributed by atoms with van der Waals surface area (Å²) in [6.07, 6.45) is 6.93. The zero-order chi connectivity index (χ0) is 19.3. The van der Waals surface area contributed by atoms with Crippen LogP contribution < -0.4 is 10.5 Å². The van der Waals surface area contributed by atoms with Gasteiger partial charge in [0.1, 0.15) is 0 Å². The van der Waals surface area contributed by atoms with E-state index in [0.29, 0.717) is 35.1 Å². The molecule has 2 aromatic rings. The maximum absolute atomic E-state index is 5.93. The first kappa shape index (κ1) is 16.7. The molecule has 0 amide bonds. The Bertz CT molecular complexity index is 989. The minimum Gasteiger partial charge on any atom is -0.493 e. The lowest BCUT2D eigenvalue weighted by Crippen LogP contribution is -2.48. The number of nitrogen functional groups attached to an aromatic ring is 1. The van der Waals surface area contributed by atoms with Crippen molar-refractivity contribution in [3.63, 3.8) is 0 Å². The van der Waals surface area contributed by atoms with Gasteiger partial charge in [0.05, 0.1) is 38.1 Å². The number of methoxy groups -OCH3 is 1. The maximum Gasteiger partial charge on any atom is 0.166 e. The summed E-state index contributed by atoms with van der Waals surface area (Å²) < 4.78 is 13.3. The third kappa shape index (κ3) is 2.00. The number of pyridine rings is 1. The number of nitrogens with zero attached hydrogens (tertiary/aromatic N) is 4. The van der Waals surface area contributed by atoms with E-state index in [4.69, 9.17) is 20.3 Å². The number of hydrogen-bond donors (Lipinski definition) is 1. The van der Waals surface area contributed by atoms with E-state index >= 15 is 0 Å². The van der Waals surface area contributed by atoms with E-state index in [9.17, 15) is 0 Å². The van der Waals surface area contributed by atoms with Crippen molar-refractivity contribution in [3.05, 3.63) is 24.0 Å². The van der Waals surface area contributed by atoms with Crippen molar-refractivity contribution < 1.29 is 9.47 Å². The number of aromatic nitrogens is 3. The number of rotatable bonds is 5. The van der Waals surface area contributed by atoms with Gasteiger partial charge in [-0.05, 0) is 36.8 Å². The van der Waals surface area contributed by atoms with Gasteiger partial charge < -0.3 is 15.2 Å². The topological polar surface area (TPSA) is 78.4 Å². The van der Waals surface area contributed by atoms with E-state index in [1.165, 1.54) is 37.9 Å². The predicted molar refractivity (Wildman–Crippen MR) is 108 cm³/mol. The Morgan fingerprint density at radius 3 is 2.72 bits per heavy atom. The summed E-state index contributed by atoms with van der Waals surface area (Å²) in [6, 6.07) is 6.21. The molecule has 6 fully saturated rings. The zero-order valence-electron chi connectivity index (χ0n) is 16.8. The van der Waals surface area contributed by atoms with E-state index in [-0.39, 0.29) is 0 Å². The maximum atomic E-state index is 5.93. The minimum atomic E-state index is 0.356. The molecule has 8 rings (SSSR count). The fourth-order valence-electron chi connectivity index (χ4n) is 6.68. The molecule has 7 nitrogen and oxygen atoms in total. The van der Waals surface area contributed by atoms with Crippen LogP contribution in [0.4, 0.5) is 5.82 Å². The largest absolute Gasteiger partial charge is 0.493 e. The van der Waals surface area contributed by atoms with Crippen LogP contribution in [0.1, 0.15) is 37.4 Å². The standard InChI is InChI=1S/C22H27N5O2/c1-28-17-6-12(8-24-21(17)23)16-7-18(27(25-16)13-4-2-3-5-13)22-15-9-26(14-10-29-11-14)20(22)19(15)22/h6-8,13-15,19-20H,2-5,9-11H2,1H3,(H2,23,24). The molecule has 29 heavy (non-hydrogen) atoms. The van der Waals surface area contributed by atoms with Crippen LogP contribution in [0.15, 0.2) is 18.3 Å². The highest BCUT2D eigenvalue weighted by Crippen LogP contribution is 2.86. The van der Waals surface area contributed by atoms with Crippen LogP contribution >= 0.6 is 0 Å². The fourth-order valence-corrected chi connectivity index (χ4v) is 6.68. The molecular weight excluding hydrogens is 366 g/mol. The lowest BCUT2D eigenvalue weighted by molar-refractivity contribution is -0.0601. The molecule has 7 heteroatoms. The predicted octanol–water partition coefficient (Wildman–Crippen LogP) is 2.23. The summed E-state index contributed by atoms with van der Waals surface area (Å²) in [6.45, 7) is 3.07. The molecule has 3 aliphatic heterocycles. The number of anilines is 1. The van der Waals surface area contributed by atoms with E-state index in [2.05, 4.69) is 20.6 Å². The zero-order valence-corrected chi connectivity index (χ0v) is 16.8. The number of ether oxygens (including phenoxy) is 2. The summed E-state index contributed by atoms with van der Waals surface area (Å²) in [5, 5.41) is 5.14. The molecule has 3 saturated heterocycles. The Morgan fingerprint density at radius 1 is 1.21 bits per heavy atom. The molecular formula is C22H27N5O2. The number of fused-ring (bicyclic) bond motifs is 1. The molecule has 2 aromatic heterocycles. The van der Waals surface area contributed by atoms with Crippen molar-refractivity contribution >= 4 is 5.82 Å². The highest BCUT2D eigenvalue weighted by Gasteiger charge is 2.94. The molecule has 4 atom stereocenters. The van der Waals surface area contributed by atoms with Crippen LogP contribution in [0.5, 0.6) is 5.75 Å². The van der Waals surface area contributed by atoms with Gasteiger partial charge in [-0.1, -0.05) is 12.8 Å². The van der Waals surface area contributed by atoms with Crippen LogP contribution in [-0.4, -0.2) is 58.6 Å². The molecule has 0 radical (unpaired) electrons. The Labute approximate surface area is 170 Å². The van der Waals surface area contributed by atoms with Gasteiger partial charge in [0, 0.05) is 35.5 Å². The van der Waals surface area contributed by atoms with Crippen LogP contribution in [0.25, 0.3) is 11.3 Å². The SMILES string of the molecule is COc1cc(-c2cc(C34C5CN(C6COC6)C3C54)n(C3CCCC3)n2)cnc1N. The molecule has 4 unspecified atom stereocenters. The molecule has 0 aromatic carbocycles. The number of nitrogens with two attached hydrogens (primary N) is 1. The first-order chi connectivity index (χ1) is 14.2. The van der Waals surface area contributed by atoms with Crippen molar-refractivity contribution in [1.82, 2.24) is 19.7 Å². The Balaban J connectivity index is 1.29. The summed E-state index contributed by atoms with van der Waals surface area (Å²) in [7, 11) is 1.63. The summed E-state index contributed by atoms with van der Waals surface area (Å²) >= 11 is 0. The van der Waals surface area contributed by atoms with Gasteiger partial charge in [-0.15, -0.1) is 0 Å². The second kappa shape index (κ2) is 5.52. The average molecular weight is 393 g/mol. The van der Waals surface area contributed by atoms with Gasteiger partial charge in [-0.25, -0.2) is 4.98 Å². The highest BCUT2D eigenvalue weighted by molar-refractivity contribution is 5.66. The highest BCUT2D eigenvalue weighted by atomic mass is 16.5. The number of hydrogen-bond acceptors (Lipinski definition) is 6. The molecule has 2 bridgehead atoms. The lowest BCUT2D eigenvalue weighted by atomic mass is 10.0. The van der Waals surface area contributed by atoms with Crippen molar-refractivity contribution in [1.29, 1.82) is 0 Å². The summed E-state index contributed by atoms with van der Waals surface area (Å²) in [5.41, 5.74) is 9.74. The Morgan fingerprint density at radius 2 is 2.03 bits per heavy atom. The van der Waals surface area contributed by atoms with Gasteiger partial charge in [-0.2, -0.15) is 5.10 Å². The fraction of sp³-hybridized carbons (Fsp3) is 0.636. The van der Waals surface area contributed by atoms with Crippen molar-refractivity contribution in [2.24, 2.45) is 11.8 Å². The van der Waals surface area contributed by atoms with Crippen molar-refractivity contribution in [3.8, 4) is 17.0 Å². The molecule has 152 valence electrons. The Hall–Kier alpha value is -2.12. The van der Waals surface area contributed by atoms with Crippen LogP contribution in [0.2, 0.25) is 0 Å². The first-order valence-electron chi connectivity index (χ1n) is 11.0. The van der Waals surface area contributed by atoms with Gasteiger partial charge >= 0.3 is 0 Å². The minimum absolute atomic E-state index is 0.356. The molecule has 3 saturated carbocycles. The number of piperidine rings is 1. The molecule has 3 aliphatic carbocycles. The second-order valence-corrected chi connectivity index (χ2v) is 9.51. The lowest BCUT2D eigenvalue weighted by Gasteiger charge is -2.34. The molecule has 2 N–H and O–H groups in total. The van der Waals surface area contributed by atoms with Crippen LogP contribution in [0.3, 0.4) is 0 Å². The third-order valence-corrected chi connectivity index (χ3v) is 8.31. The monoisotopic (exact) mass is 393 g/mol. The van der Waals surface area contributed by atoms with Gasteiger partial charge in [0.2, 0.25) is 0 Å². The van der Waals surface area contributed by atoms with Crippen molar-refractivity contribution in [2.75, 3.05) is 32.6 Å². The summed E-state index contributed by atoms with van der Waals surface area (Å²) in [4.78, 5) is 7.06. The Kier molecular flexibility index (Phi) is 3.17. The molecule has 5 heterocycles. The van der Waals surface area contributed by atoms with E-state index in [1.807, 2.05) is 12.3 Å². The quantitative estimate of drug-likeness (QED) is 0.839. The molecule has 0 spiro atoms. The van der Waals surface area contributed by atoms with E-state index in [1.54, 1.807) is 7.11 Å². The second-order valence-electron chi connectivity index (χ2n) is 9.51. The van der Waals surface area contributed by atoms with Crippen molar-refractivity contribution in [2.45, 2.75) is 49.2 Å². The van der Waals surface area contributed by atoms with Crippen LogP contribution in [0, 0.1) is 11.8 Å². The van der Waals surface area contributed by atoms with E-state index < -0.39 is 0 Å². The van der Waals surface area contributed by atoms with Gasteiger partial charge in [0.15, 0.2) is 11.6 Å². The van der Waals surface area contributed by atoms with Gasteiger partial charge in [-0.3, -0.25) is 9.58 Å². The van der Waals surface area contributed by atoms with Gasteiger partial charge in [0.25, 0.3) is 0 Å².